The van der Waals surface area contributed by atoms with E-state index in [1.54, 1.807) is 24.3 Å². The summed E-state index contributed by atoms with van der Waals surface area (Å²) >= 11 is 5.91. The molecular formula is C22H19ClN4O5. The van der Waals surface area contributed by atoms with E-state index in [0.717, 1.165) is 11.0 Å². The molecule has 0 unspecified atom stereocenters. The number of carbonyl (C=O) groups excluding carboxylic acids is 3. The first-order valence-electron chi connectivity index (χ1n) is 10.2. The third kappa shape index (κ3) is 2.52. The van der Waals surface area contributed by atoms with Gasteiger partial charge in [-0.1, -0.05) is 43.6 Å². The number of amides is 3. The fourth-order valence-electron chi connectivity index (χ4n) is 5.30. The van der Waals surface area contributed by atoms with Crippen molar-refractivity contribution in [1.29, 1.82) is 0 Å². The average Bonchev–Trinajstić information content (AvgIpc) is 3.34. The molecule has 0 aromatic heterocycles. The van der Waals surface area contributed by atoms with E-state index in [4.69, 9.17) is 11.6 Å². The first-order valence-corrected chi connectivity index (χ1v) is 10.6. The zero-order chi connectivity index (χ0) is 22.9. The maximum atomic E-state index is 13.7. The van der Waals surface area contributed by atoms with Crippen LogP contribution in [0.1, 0.15) is 19.4 Å². The van der Waals surface area contributed by atoms with Crippen molar-refractivity contribution in [2.75, 3.05) is 10.2 Å². The van der Waals surface area contributed by atoms with Gasteiger partial charge in [0, 0.05) is 23.4 Å². The molecule has 4 atom stereocenters. The molecule has 3 heterocycles. The molecule has 0 radical (unpaired) electrons. The minimum absolute atomic E-state index is 0.0568. The van der Waals surface area contributed by atoms with Crippen molar-refractivity contribution >= 4 is 46.4 Å². The van der Waals surface area contributed by atoms with Crippen molar-refractivity contribution in [3.63, 3.8) is 0 Å². The summed E-state index contributed by atoms with van der Waals surface area (Å²) in [6.07, 6.45) is 0. The zero-order valence-electron chi connectivity index (χ0n) is 17.2. The average molecular weight is 455 g/mol. The van der Waals surface area contributed by atoms with Crippen LogP contribution in [0.5, 0.6) is 0 Å². The van der Waals surface area contributed by atoms with E-state index in [1.165, 1.54) is 12.1 Å². The van der Waals surface area contributed by atoms with Gasteiger partial charge in [0.25, 0.3) is 5.69 Å². The third-order valence-electron chi connectivity index (χ3n) is 6.66. The Bertz CT molecular complexity index is 1210. The van der Waals surface area contributed by atoms with Crippen LogP contribution in [0.3, 0.4) is 0 Å². The largest absolute Gasteiger partial charge is 0.324 e. The molecule has 0 aliphatic carbocycles. The van der Waals surface area contributed by atoms with E-state index >= 15 is 0 Å². The molecule has 3 aliphatic rings. The van der Waals surface area contributed by atoms with Crippen molar-refractivity contribution in [3.8, 4) is 0 Å². The Balaban J connectivity index is 1.68. The second kappa shape index (κ2) is 6.85. The Hall–Kier alpha value is -3.30. The molecule has 3 aliphatic heterocycles. The van der Waals surface area contributed by atoms with Crippen LogP contribution >= 0.6 is 11.6 Å². The van der Waals surface area contributed by atoms with E-state index in [0.29, 0.717) is 11.3 Å². The van der Waals surface area contributed by atoms with Gasteiger partial charge < -0.3 is 5.32 Å². The molecule has 2 N–H and O–H groups in total. The normalized spacial score (nSPS) is 28.4. The number of hydrogen-bond acceptors (Lipinski definition) is 6. The number of benzene rings is 2. The van der Waals surface area contributed by atoms with E-state index in [2.05, 4.69) is 10.6 Å². The fraction of sp³-hybridized carbons (Fsp3) is 0.318. The highest BCUT2D eigenvalue weighted by Crippen LogP contribution is 2.54. The summed E-state index contributed by atoms with van der Waals surface area (Å²) in [5.74, 6) is -3.29. The molecule has 2 fully saturated rings. The van der Waals surface area contributed by atoms with E-state index in [9.17, 15) is 24.5 Å². The van der Waals surface area contributed by atoms with Crippen molar-refractivity contribution < 1.29 is 19.3 Å². The molecule has 3 amide bonds. The van der Waals surface area contributed by atoms with Gasteiger partial charge in [0.05, 0.1) is 22.4 Å². The molecule has 2 aromatic carbocycles. The number of nitro groups is 1. The van der Waals surface area contributed by atoms with E-state index in [1.807, 2.05) is 13.8 Å². The van der Waals surface area contributed by atoms with Gasteiger partial charge in [0.15, 0.2) is 0 Å². The summed E-state index contributed by atoms with van der Waals surface area (Å²) in [5.41, 5.74) is -0.521. The summed E-state index contributed by atoms with van der Waals surface area (Å²) in [6.45, 7) is 3.83. The van der Waals surface area contributed by atoms with E-state index in [-0.39, 0.29) is 22.5 Å². The minimum Gasteiger partial charge on any atom is -0.324 e. The molecule has 0 bridgehead atoms. The standard InChI is InChI=1S/C22H19ClN4O5/c1-10(2)18-16-17(22(25-18)12-5-3-4-6-14(12)24-21(22)30)20(29)26(19(16)28)11-7-8-13(23)15(9-11)27(31)32/h3-10,16-18,25H,1-2H3,(H,24,30)/t16-,17+,18-,22-/m0/s1. The predicted octanol–water partition coefficient (Wildman–Crippen LogP) is 2.83. The van der Waals surface area contributed by atoms with Gasteiger partial charge in [-0.3, -0.25) is 29.8 Å². The highest BCUT2D eigenvalue weighted by Gasteiger charge is 2.71. The number of carbonyl (C=O) groups is 3. The van der Waals surface area contributed by atoms with Crippen LogP contribution in [0.2, 0.25) is 5.02 Å². The quantitative estimate of drug-likeness (QED) is 0.418. The van der Waals surface area contributed by atoms with Crippen LogP contribution in [0.15, 0.2) is 42.5 Å². The van der Waals surface area contributed by atoms with Crippen LogP contribution in [0.25, 0.3) is 0 Å². The number of fused-ring (bicyclic) bond motifs is 4. The number of para-hydroxylation sites is 1. The predicted molar refractivity (Wildman–Crippen MR) is 116 cm³/mol. The topological polar surface area (TPSA) is 122 Å². The number of halogens is 1. The Morgan fingerprint density at radius 3 is 2.53 bits per heavy atom. The summed E-state index contributed by atoms with van der Waals surface area (Å²) in [4.78, 5) is 52.2. The molecule has 2 saturated heterocycles. The molecule has 164 valence electrons. The van der Waals surface area contributed by atoms with Crippen LogP contribution < -0.4 is 15.5 Å². The Labute approximate surface area is 187 Å². The number of rotatable bonds is 3. The van der Waals surface area contributed by atoms with Gasteiger partial charge in [0.2, 0.25) is 17.7 Å². The number of nitrogens with zero attached hydrogens (tertiary/aromatic N) is 2. The third-order valence-corrected chi connectivity index (χ3v) is 6.98. The first-order chi connectivity index (χ1) is 15.2. The van der Waals surface area contributed by atoms with E-state index < -0.39 is 45.8 Å². The van der Waals surface area contributed by atoms with Crippen LogP contribution in [-0.2, 0) is 19.9 Å². The molecule has 9 nitrogen and oxygen atoms in total. The molecular weight excluding hydrogens is 436 g/mol. The number of nitrogens with one attached hydrogen (secondary N) is 2. The summed E-state index contributed by atoms with van der Waals surface area (Å²) in [7, 11) is 0. The van der Waals surface area contributed by atoms with Gasteiger partial charge in [-0.2, -0.15) is 0 Å². The van der Waals surface area contributed by atoms with Gasteiger partial charge in [0.1, 0.15) is 10.6 Å². The maximum Gasteiger partial charge on any atom is 0.289 e. The Kier molecular flexibility index (Phi) is 4.41. The number of hydrogen-bond donors (Lipinski definition) is 2. The fourth-order valence-corrected chi connectivity index (χ4v) is 5.48. The Morgan fingerprint density at radius 2 is 1.84 bits per heavy atom. The van der Waals surface area contributed by atoms with Crippen molar-refractivity contribution in [2.24, 2.45) is 17.8 Å². The summed E-state index contributed by atoms with van der Waals surface area (Å²) in [5, 5.41) is 17.4. The number of anilines is 2. The molecule has 0 saturated carbocycles. The zero-order valence-corrected chi connectivity index (χ0v) is 17.9. The van der Waals surface area contributed by atoms with Crippen molar-refractivity contribution in [1.82, 2.24) is 5.32 Å². The lowest BCUT2D eigenvalue weighted by Gasteiger charge is -2.30. The highest BCUT2D eigenvalue weighted by atomic mass is 35.5. The molecule has 5 rings (SSSR count). The second-order valence-electron chi connectivity index (χ2n) is 8.63. The van der Waals surface area contributed by atoms with Gasteiger partial charge in [-0.05, 0) is 24.1 Å². The van der Waals surface area contributed by atoms with Crippen molar-refractivity contribution in [2.45, 2.75) is 25.4 Å². The second-order valence-corrected chi connectivity index (χ2v) is 9.04. The molecule has 1 spiro atoms. The van der Waals surface area contributed by atoms with Crippen LogP contribution in [0.4, 0.5) is 17.1 Å². The molecule has 2 aromatic rings. The summed E-state index contributed by atoms with van der Waals surface area (Å²) < 4.78 is 0. The van der Waals surface area contributed by atoms with Gasteiger partial charge in [-0.25, -0.2) is 4.90 Å². The van der Waals surface area contributed by atoms with Crippen molar-refractivity contribution in [3.05, 3.63) is 63.2 Å². The van der Waals surface area contributed by atoms with Crippen LogP contribution in [0, 0.1) is 27.9 Å². The lowest BCUT2D eigenvalue weighted by Crippen LogP contribution is -2.54. The molecule has 32 heavy (non-hydrogen) atoms. The van der Waals surface area contributed by atoms with Gasteiger partial charge in [-0.15, -0.1) is 0 Å². The maximum absolute atomic E-state index is 13.7. The van der Waals surface area contributed by atoms with Gasteiger partial charge >= 0.3 is 0 Å². The summed E-state index contributed by atoms with van der Waals surface area (Å²) in [6, 6.07) is 10.4. The molecule has 10 heteroatoms. The SMILES string of the molecule is CC(C)[C@@H]1N[C@]2(C(=O)Nc3ccccc32)[C@H]2C(=O)N(c3ccc(Cl)c([N+](=O)[O-])c3)C(=O)[C@H]12. The lowest BCUT2D eigenvalue weighted by molar-refractivity contribution is -0.384. The lowest BCUT2D eigenvalue weighted by atomic mass is 9.76. The minimum atomic E-state index is -1.39. The highest BCUT2D eigenvalue weighted by molar-refractivity contribution is 6.33. The van der Waals surface area contributed by atoms with Crippen LogP contribution in [-0.4, -0.2) is 28.7 Å². The monoisotopic (exact) mass is 454 g/mol. The Morgan fingerprint density at radius 1 is 1.12 bits per heavy atom. The first kappa shape index (κ1) is 20.6. The number of nitro benzene ring substituents is 1. The number of imide groups is 1. The smallest absolute Gasteiger partial charge is 0.289 e.